The first-order valence-corrected chi connectivity index (χ1v) is 5.78. The molecule has 0 aliphatic carbocycles. The highest BCUT2D eigenvalue weighted by molar-refractivity contribution is 6.31. The van der Waals surface area contributed by atoms with Crippen LogP contribution in [0.3, 0.4) is 0 Å². The van der Waals surface area contributed by atoms with Gasteiger partial charge in [-0.15, -0.1) is 6.42 Å². The molecule has 1 amide bonds. The van der Waals surface area contributed by atoms with Crippen molar-refractivity contribution in [2.45, 2.75) is 0 Å². The average Bonchev–Trinajstić information content (AvgIpc) is 2.40. The Morgan fingerprint density at radius 3 is 2.84 bits per heavy atom. The van der Waals surface area contributed by atoms with Gasteiger partial charge >= 0.3 is 5.97 Å². The number of halogens is 1. The fraction of sp³-hybridized carbons (Fsp3) is 0.231. The van der Waals surface area contributed by atoms with Crippen molar-refractivity contribution in [2.24, 2.45) is 0 Å². The lowest BCUT2D eigenvalue weighted by molar-refractivity contribution is -0.115. The molecule has 0 aromatic heterocycles. The minimum atomic E-state index is -0.575. The smallest absolute Gasteiger partial charge is 0.340 e. The summed E-state index contributed by atoms with van der Waals surface area (Å²) in [5, 5.41) is 5.70. The number of rotatable bonds is 5. The van der Waals surface area contributed by atoms with E-state index in [0.717, 1.165) is 0 Å². The number of carbonyl (C=O) groups is 2. The molecule has 0 aliphatic rings. The molecule has 0 aliphatic heterocycles. The third kappa shape index (κ3) is 4.62. The molecule has 0 saturated heterocycles. The first-order valence-electron chi connectivity index (χ1n) is 5.40. The highest BCUT2D eigenvalue weighted by atomic mass is 35.5. The Kier molecular flexibility index (Phi) is 5.86. The van der Waals surface area contributed by atoms with Gasteiger partial charge in [-0.25, -0.2) is 4.79 Å². The number of nitrogens with one attached hydrogen (secondary N) is 2. The van der Waals surface area contributed by atoms with Gasteiger partial charge in [-0.05, 0) is 18.2 Å². The lowest BCUT2D eigenvalue weighted by Crippen LogP contribution is -2.28. The fourth-order valence-corrected chi connectivity index (χ4v) is 1.52. The van der Waals surface area contributed by atoms with E-state index < -0.39 is 5.97 Å². The fourth-order valence-electron chi connectivity index (χ4n) is 1.35. The number of terminal acetylenes is 1. The zero-order chi connectivity index (χ0) is 14.3. The molecule has 0 saturated carbocycles. The summed E-state index contributed by atoms with van der Waals surface area (Å²) in [5.74, 6) is 1.46. The minimum Gasteiger partial charge on any atom is -0.465 e. The van der Waals surface area contributed by atoms with Crippen molar-refractivity contribution in [1.82, 2.24) is 5.32 Å². The van der Waals surface area contributed by atoms with E-state index in [1.165, 1.54) is 19.2 Å². The minimum absolute atomic E-state index is 0.0490. The molecule has 1 aromatic carbocycles. The number of benzene rings is 1. The van der Waals surface area contributed by atoms with Crippen LogP contribution in [0.25, 0.3) is 0 Å². The first-order chi connectivity index (χ1) is 9.08. The molecule has 1 aromatic rings. The van der Waals surface area contributed by atoms with Gasteiger partial charge in [-0.3, -0.25) is 10.1 Å². The summed E-state index contributed by atoms with van der Waals surface area (Å²) in [7, 11) is 1.25. The van der Waals surface area contributed by atoms with Crippen LogP contribution in [0, 0.1) is 12.3 Å². The lowest BCUT2D eigenvalue weighted by atomic mass is 10.2. The van der Waals surface area contributed by atoms with Crippen molar-refractivity contribution in [3.63, 3.8) is 0 Å². The van der Waals surface area contributed by atoms with E-state index in [0.29, 0.717) is 10.7 Å². The Morgan fingerprint density at radius 1 is 1.47 bits per heavy atom. The van der Waals surface area contributed by atoms with Crippen LogP contribution in [0.4, 0.5) is 5.69 Å². The Morgan fingerprint density at radius 2 is 2.21 bits per heavy atom. The third-order valence-corrected chi connectivity index (χ3v) is 2.41. The van der Waals surface area contributed by atoms with Crippen molar-refractivity contribution in [3.05, 3.63) is 28.8 Å². The standard InChI is InChI=1S/C13H13ClN2O3/c1-3-6-15-8-12(17)16-11-5-4-9(14)7-10(11)13(18)19-2/h1,4-5,7,15H,6,8H2,2H3,(H,16,17). The van der Waals surface area contributed by atoms with Crippen LogP contribution in [0.15, 0.2) is 18.2 Å². The van der Waals surface area contributed by atoms with Gasteiger partial charge in [0.25, 0.3) is 0 Å². The normalized spacial score (nSPS) is 9.53. The molecular weight excluding hydrogens is 268 g/mol. The maximum Gasteiger partial charge on any atom is 0.340 e. The Bertz CT molecular complexity index is 523. The van der Waals surface area contributed by atoms with Crippen LogP contribution in [0.2, 0.25) is 5.02 Å². The predicted octanol–water partition coefficient (Wildman–Crippen LogP) is 1.29. The Hall–Kier alpha value is -2.03. The van der Waals surface area contributed by atoms with Gasteiger partial charge in [0.1, 0.15) is 0 Å². The summed E-state index contributed by atoms with van der Waals surface area (Å²) >= 11 is 5.80. The Labute approximate surface area is 116 Å². The van der Waals surface area contributed by atoms with Crippen LogP contribution in [-0.4, -0.2) is 32.1 Å². The monoisotopic (exact) mass is 280 g/mol. The number of hydrogen-bond acceptors (Lipinski definition) is 4. The third-order valence-electron chi connectivity index (χ3n) is 2.17. The summed E-state index contributed by atoms with van der Waals surface area (Å²) < 4.78 is 4.62. The molecule has 6 heteroatoms. The zero-order valence-electron chi connectivity index (χ0n) is 10.3. The molecule has 2 N–H and O–H groups in total. The number of esters is 1. The Balaban J connectivity index is 2.80. The molecule has 0 atom stereocenters. The molecule has 0 spiro atoms. The number of ether oxygens (including phenoxy) is 1. The second-order valence-corrected chi connectivity index (χ2v) is 3.97. The second-order valence-electron chi connectivity index (χ2n) is 3.54. The van der Waals surface area contributed by atoms with E-state index in [2.05, 4.69) is 21.3 Å². The van der Waals surface area contributed by atoms with E-state index in [-0.39, 0.29) is 24.6 Å². The van der Waals surface area contributed by atoms with Crippen molar-refractivity contribution >= 4 is 29.2 Å². The number of carbonyl (C=O) groups excluding carboxylic acids is 2. The maximum atomic E-state index is 11.6. The number of methoxy groups -OCH3 is 1. The van der Waals surface area contributed by atoms with Crippen molar-refractivity contribution in [1.29, 1.82) is 0 Å². The SMILES string of the molecule is C#CCNCC(=O)Nc1ccc(Cl)cc1C(=O)OC. The molecule has 0 fully saturated rings. The molecule has 0 bridgehead atoms. The molecule has 0 heterocycles. The number of anilines is 1. The summed E-state index contributed by atoms with van der Waals surface area (Å²) in [6, 6.07) is 4.53. The molecular formula is C13H13ClN2O3. The summed E-state index contributed by atoms with van der Waals surface area (Å²) in [4.78, 5) is 23.2. The zero-order valence-corrected chi connectivity index (χ0v) is 11.1. The van der Waals surface area contributed by atoms with Crippen LogP contribution in [-0.2, 0) is 9.53 Å². The van der Waals surface area contributed by atoms with E-state index in [1.807, 2.05) is 0 Å². The van der Waals surface area contributed by atoms with Crippen LogP contribution in [0.5, 0.6) is 0 Å². The van der Waals surface area contributed by atoms with Gasteiger partial charge in [0.2, 0.25) is 5.91 Å². The predicted molar refractivity (Wildman–Crippen MR) is 73.1 cm³/mol. The number of amides is 1. The van der Waals surface area contributed by atoms with E-state index in [1.54, 1.807) is 6.07 Å². The first kappa shape index (κ1) is 15.0. The maximum absolute atomic E-state index is 11.6. The lowest BCUT2D eigenvalue weighted by Gasteiger charge is -2.10. The largest absolute Gasteiger partial charge is 0.465 e. The summed E-state index contributed by atoms with van der Waals surface area (Å²) in [5.41, 5.74) is 0.532. The topological polar surface area (TPSA) is 67.4 Å². The molecule has 1 rings (SSSR count). The summed E-state index contributed by atoms with van der Waals surface area (Å²) in [6.07, 6.45) is 5.05. The van der Waals surface area contributed by atoms with Crippen molar-refractivity contribution in [2.75, 3.05) is 25.5 Å². The van der Waals surface area contributed by atoms with Gasteiger partial charge in [0.15, 0.2) is 0 Å². The quantitative estimate of drug-likeness (QED) is 0.484. The molecule has 0 radical (unpaired) electrons. The van der Waals surface area contributed by atoms with Crippen LogP contribution >= 0.6 is 11.6 Å². The second kappa shape index (κ2) is 7.41. The van der Waals surface area contributed by atoms with Crippen molar-refractivity contribution < 1.29 is 14.3 Å². The van der Waals surface area contributed by atoms with Gasteiger partial charge < -0.3 is 10.1 Å². The van der Waals surface area contributed by atoms with Gasteiger partial charge in [-0.2, -0.15) is 0 Å². The van der Waals surface area contributed by atoms with Crippen molar-refractivity contribution in [3.8, 4) is 12.3 Å². The highest BCUT2D eigenvalue weighted by Gasteiger charge is 2.14. The van der Waals surface area contributed by atoms with E-state index in [9.17, 15) is 9.59 Å². The van der Waals surface area contributed by atoms with Crippen LogP contribution < -0.4 is 10.6 Å². The molecule has 19 heavy (non-hydrogen) atoms. The highest BCUT2D eigenvalue weighted by Crippen LogP contribution is 2.21. The van der Waals surface area contributed by atoms with Crippen LogP contribution in [0.1, 0.15) is 10.4 Å². The molecule has 0 unspecified atom stereocenters. The van der Waals surface area contributed by atoms with E-state index in [4.69, 9.17) is 18.0 Å². The average molecular weight is 281 g/mol. The number of hydrogen-bond donors (Lipinski definition) is 2. The molecule has 5 nitrogen and oxygen atoms in total. The van der Waals surface area contributed by atoms with E-state index >= 15 is 0 Å². The van der Waals surface area contributed by atoms with Gasteiger partial charge in [0, 0.05) is 5.02 Å². The summed E-state index contributed by atoms with van der Waals surface area (Å²) in [6.45, 7) is 0.339. The van der Waals surface area contributed by atoms with Gasteiger partial charge in [-0.1, -0.05) is 17.5 Å². The van der Waals surface area contributed by atoms with Gasteiger partial charge in [0.05, 0.1) is 31.5 Å². The molecule has 100 valence electrons.